The van der Waals surface area contributed by atoms with Crippen molar-refractivity contribution < 1.29 is 9.90 Å². The molecule has 1 aliphatic carbocycles. The molecule has 2 aliphatic rings. The molecule has 15 heavy (non-hydrogen) atoms. The Bertz CT molecular complexity index is 248. The van der Waals surface area contributed by atoms with Crippen molar-refractivity contribution in [3.8, 4) is 0 Å². The molecule has 86 valence electrons. The van der Waals surface area contributed by atoms with Crippen molar-refractivity contribution in [1.29, 1.82) is 0 Å². The lowest BCUT2D eigenvalue weighted by Crippen LogP contribution is -2.41. The molecule has 0 spiro atoms. The molecule has 3 nitrogen and oxygen atoms in total. The number of nitrogens with zero attached hydrogens (tertiary/aromatic N) is 1. The number of likely N-dealkylation sites (tertiary alicyclic amines) is 1. The summed E-state index contributed by atoms with van der Waals surface area (Å²) in [5.41, 5.74) is 0.136. The van der Waals surface area contributed by atoms with Crippen molar-refractivity contribution in [3.63, 3.8) is 0 Å². The molecule has 0 amide bonds. The van der Waals surface area contributed by atoms with E-state index in [2.05, 4.69) is 11.8 Å². The molecule has 1 unspecified atom stereocenters. The lowest BCUT2D eigenvalue weighted by atomic mass is 9.97. The van der Waals surface area contributed by atoms with Gasteiger partial charge in [-0.05, 0) is 44.6 Å². The number of rotatable bonds is 4. The monoisotopic (exact) mass is 211 g/mol. The number of piperidine rings is 1. The Kier molecular flexibility index (Phi) is 3.01. The first-order chi connectivity index (χ1) is 7.11. The Morgan fingerprint density at radius 3 is 2.73 bits per heavy atom. The highest BCUT2D eigenvalue weighted by molar-refractivity contribution is 5.68. The second-order valence-corrected chi connectivity index (χ2v) is 5.39. The summed E-state index contributed by atoms with van der Waals surface area (Å²) < 4.78 is 0. The largest absolute Gasteiger partial charge is 0.481 e. The van der Waals surface area contributed by atoms with Crippen LogP contribution in [0.1, 0.15) is 45.4 Å². The van der Waals surface area contributed by atoms with Gasteiger partial charge in [0.05, 0.1) is 6.42 Å². The van der Waals surface area contributed by atoms with Gasteiger partial charge in [0.25, 0.3) is 0 Å². The lowest BCUT2D eigenvalue weighted by molar-refractivity contribution is -0.138. The Hall–Kier alpha value is -0.570. The molecule has 1 saturated heterocycles. The van der Waals surface area contributed by atoms with Crippen LogP contribution in [0.15, 0.2) is 0 Å². The van der Waals surface area contributed by atoms with Crippen LogP contribution in [0.2, 0.25) is 0 Å². The van der Waals surface area contributed by atoms with E-state index in [9.17, 15) is 4.79 Å². The zero-order valence-electron chi connectivity index (χ0n) is 9.54. The maximum atomic E-state index is 10.8. The number of hydrogen-bond acceptors (Lipinski definition) is 2. The van der Waals surface area contributed by atoms with Gasteiger partial charge in [-0.25, -0.2) is 0 Å². The highest BCUT2D eigenvalue weighted by Crippen LogP contribution is 2.49. The Labute approximate surface area is 91.5 Å². The zero-order valence-corrected chi connectivity index (χ0v) is 9.54. The van der Waals surface area contributed by atoms with E-state index >= 15 is 0 Å². The van der Waals surface area contributed by atoms with Crippen LogP contribution in [0.5, 0.6) is 0 Å². The summed E-state index contributed by atoms with van der Waals surface area (Å²) in [6.07, 6.45) is 6.50. The molecule has 0 aromatic rings. The van der Waals surface area contributed by atoms with E-state index in [1.54, 1.807) is 0 Å². The SMILES string of the molecule is CC1CCCCN1CC1(CC(=O)O)CC1. The van der Waals surface area contributed by atoms with Crippen LogP contribution < -0.4 is 0 Å². The zero-order chi connectivity index (χ0) is 10.9. The van der Waals surface area contributed by atoms with E-state index in [1.807, 2.05) is 0 Å². The van der Waals surface area contributed by atoms with Crippen LogP contribution in [0, 0.1) is 5.41 Å². The van der Waals surface area contributed by atoms with Gasteiger partial charge in [0, 0.05) is 12.6 Å². The van der Waals surface area contributed by atoms with Crippen LogP contribution in [0.4, 0.5) is 0 Å². The van der Waals surface area contributed by atoms with Crippen LogP contribution in [0.3, 0.4) is 0 Å². The summed E-state index contributed by atoms with van der Waals surface area (Å²) >= 11 is 0. The summed E-state index contributed by atoms with van der Waals surface area (Å²) in [6.45, 7) is 4.46. The third kappa shape index (κ3) is 2.71. The Morgan fingerprint density at radius 1 is 1.47 bits per heavy atom. The van der Waals surface area contributed by atoms with Crippen molar-refractivity contribution in [3.05, 3.63) is 0 Å². The molecule has 0 aromatic heterocycles. The molecule has 1 saturated carbocycles. The van der Waals surface area contributed by atoms with Crippen LogP contribution in [-0.4, -0.2) is 35.1 Å². The topological polar surface area (TPSA) is 40.5 Å². The highest BCUT2D eigenvalue weighted by atomic mass is 16.4. The minimum absolute atomic E-state index is 0.136. The van der Waals surface area contributed by atoms with E-state index < -0.39 is 5.97 Å². The second-order valence-electron chi connectivity index (χ2n) is 5.39. The van der Waals surface area contributed by atoms with Crippen LogP contribution in [-0.2, 0) is 4.79 Å². The van der Waals surface area contributed by atoms with Gasteiger partial charge in [0.15, 0.2) is 0 Å². The number of carboxylic acid groups (broad SMARTS) is 1. The molecule has 1 heterocycles. The average Bonchev–Trinajstić information content (AvgIpc) is 2.88. The van der Waals surface area contributed by atoms with Crippen LogP contribution in [0.25, 0.3) is 0 Å². The summed E-state index contributed by atoms with van der Waals surface area (Å²) in [5.74, 6) is -0.628. The van der Waals surface area contributed by atoms with Gasteiger partial charge in [-0.2, -0.15) is 0 Å². The Balaban J connectivity index is 1.87. The average molecular weight is 211 g/mol. The number of aliphatic carboxylic acids is 1. The van der Waals surface area contributed by atoms with E-state index in [-0.39, 0.29) is 5.41 Å². The normalized spacial score (nSPS) is 30.1. The fraction of sp³-hybridized carbons (Fsp3) is 0.917. The van der Waals surface area contributed by atoms with Crippen molar-refractivity contribution in [2.45, 2.75) is 51.5 Å². The minimum atomic E-state index is -0.628. The quantitative estimate of drug-likeness (QED) is 0.774. The molecule has 1 N–H and O–H groups in total. The van der Waals surface area contributed by atoms with Gasteiger partial charge >= 0.3 is 5.97 Å². The number of carbonyl (C=O) groups is 1. The maximum Gasteiger partial charge on any atom is 0.303 e. The molecule has 0 radical (unpaired) electrons. The summed E-state index contributed by atoms with van der Waals surface area (Å²) in [5, 5.41) is 8.87. The molecule has 0 bridgehead atoms. The number of hydrogen-bond donors (Lipinski definition) is 1. The molecule has 3 heteroatoms. The highest BCUT2D eigenvalue weighted by Gasteiger charge is 2.46. The third-order valence-corrected chi connectivity index (χ3v) is 3.96. The molecule has 2 fully saturated rings. The van der Waals surface area contributed by atoms with Gasteiger partial charge in [-0.15, -0.1) is 0 Å². The fourth-order valence-corrected chi connectivity index (χ4v) is 2.71. The van der Waals surface area contributed by atoms with Gasteiger partial charge < -0.3 is 10.0 Å². The molecule has 1 atom stereocenters. The Morgan fingerprint density at radius 2 is 2.20 bits per heavy atom. The van der Waals surface area contributed by atoms with E-state index in [0.717, 1.165) is 19.4 Å². The third-order valence-electron chi connectivity index (χ3n) is 3.96. The van der Waals surface area contributed by atoms with Gasteiger partial charge in [0.2, 0.25) is 0 Å². The standard InChI is InChI=1S/C12H21NO2/c1-10-4-2-3-7-13(10)9-12(5-6-12)8-11(14)15/h10H,2-9H2,1H3,(H,14,15). The minimum Gasteiger partial charge on any atom is -0.481 e. The number of carboxylic acids is 1. The smallest absolute Gasteiger partial charge is 0.303 e. The molecule has 0 aromatic carbocycles. The van der Waals surface area contributed by atoms with Crippen molar-refractivity contribution in [2.24, 2.45) is 5.41 Å². The van der Waals surface area contributed by atoms with Crippen molar-refractivity contribution in [1.82, 2.24) is 4.90 Å². The van der Waals surface area contributed by atoms with E-state index in [1.165, 1.54) is 25.8 Å². The summed E-state index contributed by atoms with van der Waals surface area (Å²) in [4.78, 5) is 13.3. The van der Waals surface area contributed by atoms with Crippen molar-refractivity contribution >= 4 is 5.97 Å². The van der Waals surface area contributed by atoms with E-state index in [0.29, 0.717) is 12.5 Å². The lowest BCUT2D eigenvalue weighted by Gasteiger charge is -2.35. The van der Waals surface area contributed by atoms with Gasteiger partial charge in [-0.3, -0.25) is 4.79 Å². The molecular formula is C12H21NO2. The second kappa shape index (κ2) is 4.12. The van der Waals surface area contributed by atoms with E-state index in [4.69, 9.17) is 5.11 Å². The first-order valence-corrected chi connectivity index (χ1v) is 6.07. The molecule has 1 aliphatic heterocycles. The van der Waals surface area contributed by atoms with Gasteiger partial charge in [-0.1, -0.05) is 6.42 Å². The first-order valence-electron chi connectivity index (χ1n) is 6.07. The first kappa shape index (κ1) is 10.9. The summed E-state index contributed by atoms with van der Waals surface area (Å²) in [6, 6.07) is 0.657. The van der Waals surface area contributed by atoms with Crippen LogP contribution >= 0.6 is 0 Å². The fourth-order valence-electron chi connectivity index (χ4n) is 2.71. The predicted octanol–water partition coefficient (Wildman–Crippen LogP) is 2.12. The predicted molar refractivity (Wildman–Crippen MR) is 58.8 cm³/mol. The summed E-state index contributed by atoms with van der Waals surface area (Å²) in [7, 11) is 0. The van der Waals surface area contributed by atoms with Crippen molar-refractivity contribution in [2.75, 3.05) is 13.1 Å². The van der Waals surface area contributed by atoms with Gasteiger partial charge in [0.1, 0.15) is 0 Å². The molecular weight excluding hydrogens is 190 g/mol. The maximum absolute atomic E-state index is 10.8. The molecule has 2 rings (SSSR count).